The molecule has 8 atom stereocenters. The van der Waals surface area contributed by atoms with Gasteiger partial charge in [-0.3, -0.25) is 0 Å². The Morgan fingerprint density at radius 3 is 2.54 bits per heavy atom. The lowest BCUT2D eigenvalue weighted by molar-refractivity contribution is -0.0573. The number of hydrogen-bond donors (Lipinski definition) is 1. The Morgan fingerprint density at radius 1 is 1.00 bits per heavy atom. The Hall–Kier alpha value is -0.300. The van der Waals surface area contributed by atoms with E-state index in [4.69, 9.17) is 0 Å². The summed E-state index contributed by atoms with van der Waals surface area (Å²) in [5.41, 5.74) is 2.60. The third-order valence-electron chi connectivity index (χ3n) is 10.3. The fraction of sp³-hybridized carbons (Fsp3) is 0.926. The Bertz CT molecular complexity index is 591. The van der Waals surface area contributed by atoms with Gasteiger partial charge in [-0.25, -0.2) is 0 Å². The summed E-state index contributed by atoms with van der Waals surface area (Å²) < 4.78 is 0. The SMILES string of the molecule is CC(C)CCCC(C)[C@H]1CCC2C3CC=C4CC(O)CC[C@]4(C)C3CC[C@@]21C. The van der Waals surface area contributed by atoms with E-state index in [1.165, 1.54) is 57.8 Å². The van der Waals surface area contributed by atoms with Gasteiger partial charge in [-0.1, -0.05) is 65.5 Å². The van der Waals surface area contributed by atoms with Gasteiger partial charge >= 0.3 is 0 Å². The molecule has 0 radical (unpaired) electrons. The second-order valence-electron chi connectivity index (χ2n) is 12.2. The molecule has 0 saturated heterocycles. The lowest BCUT2D eigenvalue weighted by Gasteiger charge is -2.58. The van der Waals surface area contributed by atoms with Gasteiger partial charge in [0.15, 0.2) is 0 Å². The zero-order valence-corrected chi connectivity index (χ0v) is 19.3. The van der Waals surface area contributed by atoms with Crippen molar-refractivity contribution < 1.29 is 5.11 Å². The standard InChI is InChI=1S/C27H46O/c1-18(2)7-6-8-19(3)23-11-12-24-22-10-9-20-17-21(28)13-15-26(20,4)25(22)14-16-27(23,24)5/h9,18-19,21-25,28H,6-8,10-17H2,1-5H3/t19?,21?,22?,23-,24?,25?,26+,27-/m1/s1. The molecule has 4 aliphatic rings. The van der Waals surface area contributed by atoms with Crippen LogP contribution in [-0.2, 0) is 0 Å². The van der Waals surface area contributed by atoms with Crippen molar-refractivity contribution >= 4 is 0 Å². The van der Waals surface area contributed by atoms with E-state index in [-0.39, 0.29) is 6.10 Å². The van der Waals surface area contributed by atoms with E-state index in [0.717, 1.165) is 48.3 Å². The van der Waals surface area contributed by atoms with Crippen molar-refractivity contribution in [2.45, 2.75) is 111 Å². The second-order valence-corrected chi connectivity index (χ2v) is 12.2. The summed E-state index contributed by atoms with van der Waals surface area (Å²) in [5.74, 6) is 5.46. The Kier molecular flexibility index (Phi) is 5.80. The molecule has 0 aromatic rings. The minimum Gasteiger partial charge on any atom is -0.393 e. The molecule has 28 heavy (non-hydrogen) atoms. The van der Waals surface area contributed by atoms with Crippen LogP contribution in [-0.4, -0.2) is 11.2 Å². The third-order valence-corrected chi connectivity index (χ3v) is 10.3. The maximum atomic E-state index is 10.2. The van der Waals surface area contributed by atoms with Crippen molar-refractivity contribution in [1.29, 1.82) is 0 Å². The van der Waals surface area contributed by atoms with Crippen LogP contribution in [0.1, 0.15) is 105 Å². The predicted octanol–water partition coefficient (Wildman–Crippen LogP) is 7.39. The molecule has 4 aliphatic carbocycles. The van der Waals surface area contributed by atoms with Crippen LogP contribution < -0.4 is 0 Å². The van der Waals surface area contributed by atoms with Gasteiger partial charge < -0.3 is 5.11 Å². The molecule has 0 spiro atoms. The van der Waals surface area contributed by atoms with Crippen LogP contribution in [0, 0.1) is 46.3 Å². The molecule has 0 amide bonds. The normalized spacial score (nSPS) is 46.5. The maximum Gasteiger partial charge on any atom is 0.0577 e. The molecule has 3 saturated carbocycles. The molecule has 4 rings (SSSR count). The van der Waals surface area contributed by atoms with Gasteiger partial charge in [-0.05, 0) is 97.7 Å². The molecule has 3 fully saturated rings. The summed E-state index contributed by atoms with van der Waals surface area (Å²) in [4.78, 5) is 0. The third kappa shape index (κ3) is 3.42. The minimum atomic E-state index is -0.0766. The number of fused-ring (bicyclic) bond motifs is 5. The summed E-state index contributed by atoms with van der Waals surface area (Å²) in [6, 6.07) is 0. The monoisotopic (exact) mass is 386 g/mol. The molecule has 0 aliphatic heterocycles. The molecule has 0 aromatic carbocycles. The average Bonchev–Trinajstić information content (AvgIpc) is 2.99. The molecule has 5 unspecified atom stereocenters. The highest BCUT2D eigenvalue weighted by molar-refractivity contribution is 5.25. The summed E-state index contributed by atoms with van der Waals surface area (Å²) in [6.07, 6.45) is 17.2. The summed E-state index contributed by atoms with van der Waals surface area (Å²) in [7, 11) is 0. The van der Waals surface area contributed by atoms with Crippen LogP contribution in [0.15, 0.2) is 11.6 Å². The van der Waals surface area contributed by atoms with Crippen molar-refractivity contribution in [2.24, 2.45) is 46.3 Å². The highest BCUT2D eigenvalue weighted by Gasteiger charge is 2.59. The van der Waals surface area contributed by atoms with Crippen molar-refractivity contribution in [3.8, 4) is 0 Å². The lowest BCUT2D eigenvalue weighted by Crippen LogP contribution is -2.50. The van der Waals surface area contributed by atoms with Crippen molar-refractivity contribution in [3.63, 3.8) is 0 Å². The van der Waals surface area contributed by atoms with Crippen LogP contribution in [0.25, 0.3) is 0 Å². The van der Waals surface area contributed by atoms with Gasteiger partial charge in [-0.2, -0.15) is 0 Å². The largest absolute Gasteiger partial charge is 0.393 e. The highest BCUT2D eigenvalue weighted by atomic mass is 16.3. The zero-order chi connectivity index (χ0) is 20.1. The minimum absolute atomic E-state index is 0.0766. The molecule has 1 heteroatoms. The Balaban J connectivity index is 1.49. The van der Waals surface area contributed by atoms with Gasteiger partial charge in [0.05, 0.1) is 6.10 Å². The molecular weight excluding hydrogens is 340 g/mol. The lowest BCUT2D eigenvalue weighted by atomic mass is 9.47. The predicted molar refractivity (Wildman–Crippen MR) is 119 cm³/mol. The van der Waals surface area contributed by atoms with Crippen molar-refractivity contribution in [2.75, 3.05) is 0 Å². The number of allylic oxidation sites excluding steroid dienone is 1. The van der Waals surface area contributed by atoms with Crippen LogP contribution >= 0.6 is 0 Å². The van der Waals surface area contributed by atoms with Gasteiger partial charge in [0.2, 0.25) is 0 Å². The van der Waals surface area contributed by atoms with E-state index < -0.39 is 0 Å². The van der Waals surface area contributed by atoms with E-state index in [1.54, 1.807) is 5.57 Å². The first-order valence-electron chi connectivity index (χ1n) is 12.6. The average molecular weight is 387 g/mol. The zero-order valence-electron chi connectivity index (χ0n) is 19.3. The van der Waals surface area contributed by atoms with Gasteiger partial charge in [0, 0.05) is 0 Å². The first-order valence-corrected chi connectivity index (χ1v) is 12.6. The fourth-order valence-electron chi connectivity index (χ4n) is 8.67. The first kappa shape index (κ1) is 21.0. The van der Waals surface area contributed by atoms with E-state index in [0.29, 0.717) is 10.8 Å². The quantitative estimate of drug-likeness (QED) is 0.488. The van der Waals surface area contributed by atoms with Crippen molar-refractivity contribution in [1.82, 2.24) is 0 Å². The topological polar surface area (TPSA) is 20.2 Å². The molecule has 0 aromatic heterocycles. The van der Waals surface area contributed by atoms with Crippen LogP contribution in [0.4, 0.5) is 0 Å². The number of rotatable bonds is 5. The summed E-state index contributed by atoms with van der Waals surface area (Å²) >= 11 is 0. The maximum absolute atomic E-state index is 10.2. The summed E-state index contributed by atoms with van der Waals surface area (Å²) in [5, 5.41) is 10.2. The molecular formula is C27H46O. The van der Waals surface area contributed by atoms with Gasteiger partial charge in [-0.15, -0.1) is 0 Å². The van der Waals surface area contributed by atoms with E-state index in [1.807, 2.05) is 0 Å². The number of aliphatic hydroxyl groups excluding tert-OH is 1. The molecule has 0 heterocycles. The van der Waals surface area contributed by atoms with E-state index in [2.05, 4.69) is 40.7 Å². The van der Waals surface area contributed by atoms with E-state index in [9.17, 15) is 5.11 Å². The van der Waals surface area contributed by atoms with Crippen LogP contribution in [0.3, 0.4) is 0 Å². The second kappa shape index (κ2) is 7.75. The van der Waals surface area contributed by atoms with Gasteiger partial charge in [0.1, 0.15) is 0 Å². The number of hydrogen-bond acceptors (Lipinski definition) is 1. The van der Waals surface area contributed by atoms with Crippen LogP contribution in [0.2, 0.25) is 0 Å². The molecule has 1 nitrogen and oxygen atoms in total. The Morgan fingerprint density at radius 2 is 1.79 bits per heavy atom. The van der Waals surface area contributed by atoms with Crippen LogP contribution in [0.5, 0.6) is 0 Å². The summed E-state index contributed by atoms with van der Waals surface area (Å²) in [6.45, 7) is 12.6. The fourth-order valence-corrected chi connectivity index (χ4v) is 8.67. The molecule has 160 valence electrons. The molecule has 0 bridgehead atoms. The van der Waals surface area contributed by atoms with Crippen molar-refractivity contribution in [3.05, 3.63) is 11.6 Å². The van der Waals surface area contributed by atoms with E-state index >= 15 is 0 Å². The number of aliphatic hydroxyl groups is 1. The highest BCUT2D eigenvalue weighted by Crippen LogP contribution is 2.67. The molecule has 1 N–H and O–H groups in total. The van der Waals surface area contributed by atoms with Gasteiger partial charge in [0.25, 0.3) is 0 Å². The Labute approximate surface area is 174 Å². The smallest absolute Gasteiger partial charge is 0.0577 e. The first-order chi connectivity index (χ1) is 13.3.